The summed E-state index contributed by atoms with van der Waals surface area (Å²) < 4.78 is 0. The molecule has 1 aromatic heterocycles. The highest BCUT2D eigenvalue weighted by molar-refractivity contribution is 5.27. The number of nitrogens with two attached hydrogens (primary N) is 1. The van der Waals surface area contributed by atoms with Crippen molar-refractivity contribution >= 4 is 5.95 Å². The molecule has 1 heterocycles. The predicted molar refractivity (Wildman–Crippen MR) is 49.1 cm³/mol. The van der Waals surface area contributed by atoms with Crippen molar-refractivity contribution < 1.29 is 0 Å². The van der Waals surface area contributed by atoms with E-state index in [1.165, 1.54) is 0 Å². The first kappa shape index (κ1) is 8.93. The van der Waals surface area contributed by atoms with E-state index in [-0.39, 0.29) is 0 Å². The normalized spacial score (nSPS) is 9.92. The van der Waals surface area contributed by atoms with Gasteiger partial charge in [-0.05, 0) is 12.6 Å². The van der Waals surface area contributed by atoms with Crippen LogP contribution in [0.25, 0.3) is 0 Å². The molecule has 0 fully saturated rings. The Hall–Kier alpha value is -1.16. The van der Waals surface area contributed by atoms with Crippen LogP contribution in [0.5, 0.6) is 0 Å². The second-order valence-corrected chi connectivity index (χ2v) is 2.78. The van der Waals surface area contributed by atoms with Gasteiger partial charge >= 0.3 is 0 Å². The lowest BCUT2D eigenvalue weighted by molar-refractivity contribution is 0.889. The van der Waals surface area contributed by atoms with Gasteiger partial charge in [-0.15, -0.1) is 0 Å². The third-order valence-electron chi connectivity index (χ3n) is 1.50. The molecule has 66 valence electrons. The molecule has 0 saturated carbocycles. The molecular formula is C8H14N4. The summed E-state index contributed by atoms with van der Waals surface area (Å²) in [6, 6.07) is 1.89. The summed E-state index contributed by atoms with van der Waals surface area (Å²) in [4.78, 5) is 10.3. The average Bonchev–Trinajstić information content (AvgIpc) is 2.05. The van der Waals surface area contributed by atoms with Crippen LogP contribution in [0.1, 0.15) is 5.69 Å². The minimum atomic E-state index is 0.629. The molecule has 0 unspecified atom stereocenters. The monoisotopic (exact) mass is 166 g/mol. The number of nitrogens with zero attached hydrogens (tertiary/aromatic N) is 3. The van der Waals surface area contributed by atoms with Gasteiger partial charge in [-0.1, -0.05) is 0 Å². The smallest absolute Gasteiger partial charge is 0.224 e. The van der Waals surface area contributed by atoms with Crippen LogP contribution in [0.3, 0.4) is 0 Å². The molecule has 0 spiro atoms. The van der Waals surface area contributed by atoms with E-state index in [0.29, 0.717) is 6.54 Å². The second-order valence-electron chi connectivity index (χ2n) is 2.78. The van der Waals surface area contributed by atoms with E-state index >= 15 is 0 Å². The highest BCUT2D eigenvalue weighted by atomic mass is 15.2. The van der Waals surface area contributed by atoms with E-state index in [2.05, 4.69) is 9.97 Å². The van der Waals surface area contributed by atoms with Crippen molar-refractivity contribution in [1.82, 2.24) is 9.97 Å². The molecule has 2 N–H and O–H groups in total. The van der Waals surface area contributed by atoms with E-state index in [1.807, 2.05) is 25.1 Å². The first-order valence-electron chi connectivity index (χ1n) is 3.93. The quantitative estimate of drug-likeness (QED) is 0.689. The fourth-order valence-corrected chi connectivity index (χ4v) is 0.887. The van der Waals surface area contributed by atoms with E-state index in [0.717, 1.165) is 18.1 Å². The van der Waals surface area contributed by atoms with E-state index in [9.17, 15) is 0 Å². The molecule has 1 rings (SSSR count). The van der Waals surface area contributed by atoms with Crippen molar-refractivity contribution in [3.8, 4) is 0 Å². The third kappa shape index (κ3) is 2.17. The fourth-order valence-electron chi connectivity index (χ4n) is 0.887. The molecule has 0 aromatic carbocycles. The Morgan fingerprint density at radius 2 is 2.25 bits per heavy atom. The Labute approximate surface area is 72.4 Å². The van der Waals surface area contributed by atoms with Crippen LogP contribution in [0.2, 0.25) is 0 Å². The molecule has 0 aliphatic carbocycles. The van der Waals surface area contributed by atoms with Crippen molar-refractivity contribution in [2.24, 2.45) is 5.73 Å². The van der Waals surface area contributed by atoms with Gasteiger partial charge in [0.2, 0.25) is 5.95 Å². The van der Waals surface area contributed by atoms with Crippen LogP contribution in [0, 0.1) is 0 Å². The minimum absolute atomic E-state index is 0.629. The molecule has 0 aliphatic heterocycles. The molecule has 0 atom stereocenters. The molecule has 4 heteroatoms. The Bertz CT molecular complexity index is 247. The first-order chi connectivity index (χ1) is 5.74. The van der Waals surface area contributed by atoms with Gasteiger partial charge in [0.05, 0.1) is 0 Å². The van der Waals surface area contributed by atoms with Gasteiger partial charge in [0, 0.05) is 32.4 Å². The topological polar surface area (TPSA) is 55.0 Å². The zero-order valence-electron chi connectivity index (χ0n) is 7.49. The van der Waals surface area contributed by atoms with Gasteiger partial charge < -0.3 is 10.6 Å². The number of anilines is 1. The molecule has 0 radical (unpaired) electrons. The summed E-state index contributed by atoms with van der Waals surface area (Å²) in [6.07, 6.45) is 2.57. The van der Waals surface area contributed by atoms with Crippen LogP contribution in [0.15, 0.2) is 12.3 Å². The summed E-state index contributed by atoms with van der Waals surface area (Å²) in [5.41, 5.74) is 6.41. The van der Waals surface area contributed by atoms with Gasteiger partial charge in [0.1, 0.15) is 0 Å². The Kier molecular flexibility index (Phi) is 2.99. The summed E-state index contributed by atoms with van der Waals surface area (Å²) in [6.45, 7) is 0.629. The lowest BCUT2D eigenvalue weighted by Gasteiger charge is -2.09. The summed E-state index contributed by atoms with van der Waals surface area (Å²) in [5, 5.41) is 0. The van der Waals surface area contributed by atoms with Crippen molar-refractivity contribution in [3.63, 3.8) is 0 Å². The van der Waals surface area contributed by atoms with Gasteiger partial charge in [0.25, 0.3) is 0 Å². The van der Waals surface area contributed by atoms with Crippen LogP contribution in [-0.4, -0.2) is 30.6 Å². The lowest BCUT2D eigenvalue weighted by Crippen LogP contribution is -2.14. The number of hydrogen-bond acceptors (Lipinski definition) is 4. The number of aromatic nitrogens is 2. The Morgan fingerprint density at radius 3 is 2.83 bits per heavy atom. The maximum absolute atomic E-state index is 5.41. The van der Waals surface area contributed by atoms with E-state index in [4.69, 9.17) is 5.73 Å². The van der Waals surface area contributed by atoms with Crippen molar-refractivity contribution in [3.05, 3.63) is 18.0 Å². The highest BCUT2D eigenvalue weighted by Crippen LogP contribution is 2.02. The van der Waals surface area contributed by atoms with Crippen LogP contribution in [0.4, 0.5) is 5.95 Å². The largest absolute Gasteiger partial charge is 0.347 e. The third-order valence-corrected chi connectivity index (χ3v) is 1.50. The number of hydrogen-bond donors (Lipinski definition) is 1. The molecule has 4 nitrogen and oxygen atoms in total. The molecule has 12 heavy (non-hydrogen) atoms. The van der Waals surface area contributed by atoms with Crippen LogP contribution in [-0.2, 0) is 6.42 Å². The Balaban J connectivity index is 2.81. The van der Waals surface area contributed by atoms with Gasteiger partial charge in [-0.2, -0.15) is 0 Å². The Morgan fingerprint density at radius 1 is 1.50 bits per heavy atom. The highest BCUT2D eigenvalue weighted by Gasteiger charge is 1.99. The molecule has 0 aliphatic rings. The average molecular weight is 166 g/mol. The van der Waals surface area contributed by atoms with Crippen molar-refractivity contribution in [1.29, 1.82) is 0 Å². The lowest BCUT2D eigenvalue weighted by atomic mass is 10.3. The molecule has 0 saturated heterocycles. The van der Waals surface area contributed by atoms with E-state index < -0.39 is 0 Å². The maximum atomic E-state index is 5.41. The second kappa shape index (κ2) is 4.01. The first-order valence-corrected chi connectivity index (χ1v) is 3.93. The molecular weight excluding hydrogens is 152 g/mol. The van der Waals surface area contributed by atoms with Crippen LogP contribution < -0.4 is 10.6 Å². The molecule has 0 bridgehead atoms. The van der Waals surface area contributed by atoms with Gasteiger partial charge in [0.15, 0.2) is 0 Å². The fraction of sp³-hybridized carbons (Fsp3) is 0.500. The van der Waals surface area contributed by atoms with Crippen molar-refractivity contribution in [2.75, 3.05) is 25.5 Å². The maximum Gasteiger partial charge on any atom is 0.224 e. The summed E-state index contributed by atoms with van der Waals surface area (Å²) in [7, 11) is 3.84. The minimum Gasteiger partial charge on any atom is -0.347 e. The zero-order valence-corrected chi connectivity index (χ0v) is 7.49. The zero-order chi connectivity index (χ0) is 8.97. The van der Waals surface area contributed by atoms with Crippen molar-refractivity contribution in [2.45, 2.75) is 6.42 Å². The summed E-state index contributed by atoms with van der Waals surface area (Å²) in [5.74, 6) is 0.737. The standard InChI is InChI=1S/C8H14N4/c1-12(2)8-10-6-4-7(11-8)3-5-9/h4,6H,3,5,9H2,1-2H3. The predicted octanol–water partition coefficient (Wildman–Crippen LogP) is 0.0438. The van der Waals surface area contributed by atoms with Gasteiger partial charge in [-0.25, -0.2) is 9.97 Å². The van der Waals surface area contributed by atoms with Crippen LogP contribution >= 0.6 is 0 Å². The summed E-state index contributed by atoms with van der Waals surface area (Å²) >= 11 is 0. The molecule has 0 amide bonds. The SMILES string of the molecule is CN(C)c1nccc(CCN)n1. The van der Waals surface area contributed by atoms with E-state index in [1.54, 1.807) is 6.20 Å². The van der Waals surface area contributed by atoms with Gasteiger partial charge in [-0.3, -0.25) is 0 Å². The molecule has 1 aromatic rings. The number of rotatable bonds is 3.